The van der Waals surface area contributed by atoms with Crippen LogP contribution < -0.4 is 5.32 Å². The lowest BCUT2D eigenvalue weighted by Crippen LogP contribution is -2.60. The molecule has 0 bridgehead atoms. The van der Waals surface area contributed by atoms with Crippen LogP contribution in [0.5, 0.6) is 0 Å². The van der Waals surface area contributed by atoms with E-state index in [1.165, 1.54) is 103 Å². The summed E-state index contributed by atoms with van der Waals surface area (Å²) in [5.41, 5.74) is 0. The zero-order valence-corrected chi connectivity index (χ0v) is 33.5. The quantitative estimate of drug-likeness (QED) is 0.0277. The fraction of sp³-hybridized carbons (Fsp3) is 0.929. The number of hydrogen-bond acceptors (Lipinski definition) is 10. The third-order valence-electron chi connectivity index (χ3n) is 10.6. The molecule has 1 amide bonds. The highest BCUT2D eigenvalue weighted by atomic mass is 16.7. The number of unbranched alkanes of at least 4 members (excludes halogenated alkanes) is 21. The van der Waals surface area contributed by atoms with Crippen molar-refractivity contribution in [2.24, 2.45) is 0 Å². The molecule has 1 fully saturated rings. The Morgan fingerprint density at radius 1 is 0.642 bits per heavy atom. The van der Waals surface area contributed by atoms with Crippen LogP contribution in [0.3, 0.4) is 0 Å². The second-order valence-electron chi connectivity index (χ2n) is 15.4. The molecule has 0 aromatic carbocycles. The van der Waals surface area contributed by atoms with E-state index in [9.17, 15) is 40.5 Å². The van der Waals surface area contributed by atoms with Crippen molar-refractivity contribution in [1.29, 1.82) is 0 Å². The fourth-order valence-electron chi connectivity index (χ4n) is 6.90. The van der Waals surface area contributed by atoms with Gasteiger partial charge in [-0.25, -0.2) is 0 Å². The number of hydrogen-bond donors (Lipinski definition) is 8. The zero-order chi connectivity index (χ0) is 39.1. The van der Waals surface area contributed by atoms with Crippen LogP contribution in [0.4, 0.5) is 0 Å². The molecule has 1 aliphatic heterocycles. The summed E-state index contributed by atoms with van der Waals surface area (Å²) in [4.78, 5) is 13.0. The van der Waals surface area contributed by atoms with E-state index < -0.39 is 74.2 Å². The van der Waals surface area contributed by atoms with Gasteiger partial charge in [0.2, 0.25) is 5.91 Å². The molecule has 0 aromatic heterocycles. The lowest BCUT2D eigenvalue weighted by atomic mass is 9.98. The first-order chi connectivity index (χ1) is 25.7. The Balaban J connectivity index is 2.52. The maximum Gasteiger partial charge on any atom is 0.249 e. The van der Waals surface area contributed by atoms with Gasteiger partial charge in [0.1, 0.15) is 36.6 Å². The van der Waals surface area contributed by atoms with Crippen molar-refractivity contribution in [2.75, 3.05) is 13.2 Å². The molecule has 11 nitrogen and oxygen atoms in total. The van der Waals surface area contributed by atoms with Crippen LogP contribution in [-0.2, 0) is 14.3 Å². The topological polar surface area (TPSA) is 189 Å². The Labute approximate surface area is 322 Å². The van der Waals surface area contributed by atoms with E-state index in [4.69, 9.17) is 9.47 Å². The number of carbonyl (C=O) groups is 1. The van der Waals surface area contributed by atoms with E-state index in [1.807, 2.05) is 0 Å². The monoisotopic (exact) mass is 760 g/mol. The molecule has 8 N–H and O–H groups in total. The molecular weight excluding hydrogens is 678 g/mol. The summed E-state index contributed by atoms with van der Waals surface area (Å²) in [5, 5.41) is 75.4. The molecule has 0 saturated carbocycles. The predicted molar refractivity (Wildman–Crippen MR) is 210 cm³/mol. The molecule has 9 atom stereocenters. The molecule has 0 radical (unpaired) electrons. The van der Waals surface area contributed by atoms with E-state index in [2.05, 4.69) is 31.3 Å². The first-order valence-electron chi connectivity index (χ1n) is 21.6. The molecular formula is C42H81NO10. The Bertz CT molecular complexity index is 877. The van der Waals surface area contributed by atoms with E-state index in [-0.39, 0.29) is 6.42 Å². The highest BCUT2D eigenvalue weighted by Crippen LogP contribution is 2.23. The first-order valence-corrected chi connectivity index (χ1v) is 21.6. The molecule has 1 heterocycles. The van der Waals surface area contributed by atoms with Crippen LogP contribution in [0.2, 0.25) is 0 Å². The average molecular weight is 760 g/mol. The molecule has 11 heteroatoms. The van der Waals surface area contributed by atoms with E-state index in [1.54, 1.807) is 0 Å². The predicted octanol–water partition coefficient (Wildman–Crippen LogP) is 6.11. The Hall–Kier alpha value is -1.15. The van der Waals surface area contributed by atoms with Crippen molar-refractivity contribution in [2.45, 2.75) is 236 Å². The van der Waals surface area contributed by atoms with Crippen LogP contribution >= 0.6 is 0 Å². The van der Waals surface area contributed by atoms with Crippen LogP contribution in [0.15, 0.2) is 12.2 Å². The Morgan fingerprint density at radius 2 is 1.09 bits per heavy atom. The summed E-state index contributed by atoms with van der Waals surface area (Å²) in [5.74, 6) is -0.714. The lowest BCUT2D eigenvalue weighted by Gasteiger charge is -2.40. The number of aliphatic hydroxyl groups excluding tert-OH is 7. The first kappa shape index (κ1) is 49.9. The summed E-state index contributed by atoms with van der Waals surface area (Å²) in [6, 6.07) is -1.17. The molecule has 0 aromatic rings. The number of rotatable bonds is 35. The molecule has 1 aliphatic rings. The molecule has 1 saturated heterocycles. The maximum atomic E-state index is 13.0. The van der Waals surface area contributed by atoms with Gasteiger partial charge in [0.25, 0.3) is 0 Å². The van der Waals surface area contributed by atoms with Crippen molar-refractivity contribution in [3.8, 4) is 0 Å². The van der Waals surface area contributed by atoms with Gasteiger partial charge >= 0.3 is 0 Å². The van der Waals surface area contributed by atoms with Gasteiger partial charge in [-0.15, -0.1) is 0 Å². The molecule has 314 valence electrons. The van der Waals surface area contributed by atoms with Gasteiger partial charge in [0.05, 0.1) is 25.4 Å². The second kappa shape index (κ2) is 33.0. The van der Waals surface area contributed by atoms with Gasteiger partial charge in [-0.2, -0.15) is 0 Å². The van der Waals surface area contributed by atoms with E-state index >= 15 is 0 Å². The third-order valence-corrected chi connectivity index (χ3v) is 10.6. The Kier molecular flexibility index (Phi) is 31.1. The second-order valence-corrected chi connectivity index (χ2v) is 15.4. The van der Waals surface area contributed by atoms with Crippen molar-refractivity contribution >= 4 is 5.91 Å². The summed E-state index contributed by atoms with van der Waals surface area (Å²) < 4.78 is 11.0. The van der Waals surface area contributed by atoms with Gasteiger partial charge in [0, 0.05) is 0 Å². The standard InChI is InChI=1S/C42H81NO10/c1-3-5-7-9-11-13-15-17-18-20-21-23-25-27-29-34(45)37(47)33(32-52-42-40(50)39(49)38(48)36(31-44)53-42)43-41(51)35(46)30-28-26-24-22-19-16-14-12-10-8-6-4-2/h19,22,33-40,42,44-50H,3-18,20-21,23-32H2,1-2H3,(H,43,51)/b22-19-. The van der Waals surface area contributed by atoms with Gasteiger partial charge in [0.15, 0.2) is 6.29 Å². The average Bonchev–Trinajstić information content (AvgIpc) is 3.16. The summed E-state index contributed by atoms with van der Waals surface area (Å²) in [7, 11) is 0. The number of carbonyl (C=O) groups excluding carboxylic acids is 1. The van der Waals surface area contributed by atoms with Crippen LogP contribution in [0.25, 0.3) is 0 Å². The van der Waals surface area contributed by atoms with Crippen molar-refractivity contribution < 1.29 is 50.0 Å². The number of amides is 1. The van der Waals surface area contributed by atoms with E-state index in [0.29, 0.717) is 19.3 Å². The molecule has 9 unspecified atom stereocenters. The normalized spacial score (nSPS) is 22.9. The van der Waals surface area contributed by atoms with Crippen molar-refractivity contribution in [3.05, 3.63) is 12.2 Å². The minimum absolute atomic E-state index is 0.231. The fourth-order valence-corrected chi connectivity index (χ4v) is 6.90. The molecule has 0 spiro atoms. The Morgan fingerprint density at radius 3 is 1.60 bits per heavy atom. The van der Waals surface area contributed by atoms with Gasteiger partial charge in [-0.05, 0) is 38.5 Å². The summed E-state index contributed by atoms with van der Waals surface area (Å²) >= 11 is 0. The summed E-state index contributed by atoms with van der Waals surface area (Å²) in [6.45, 7) is 3.40. The lowest BCUT2D eigenvalue weighted by molar-refractivity contribution is -0.303. The smallest absolute Gasteiger partial charge is 0.249 e. The van der Waals surface area contributed by atoms with Gasteiger partial charge in [-0.1, -0.05) is 154 Å². The van der Waals surface area contributed by atoms with E-state index in [0.717, 1.165) is 38.5 Å². The number of ether oxygens (including phenoxy) is 2. The highest BCUT2D eigenvalue weighted by molar-refractivity contribution is 5.80. The maximum absolute atomic E-state index is 13.0. The third kappa shape index (κ3) is 23.5. The van der Waals surface area contributed by atoms with Crippen LogP contribution in [0, 0.1) is 0 Å². The van der Waals surface area contributed by atoms with Gasteiger partial charge in [-0.3, -0.25) is 4.79 Å². The largest absolute Gasteiger partial charge is 0.394 e. The number of allylic oxidation sites excluding steroid dienone is 2. The van der Waals surface area contributed by atoms with Crippen LogP contribution in [0.1, 0.15) is 181 Å². The zero-order valence-electron chi connectivity index (χ0n) is 33.5. The molecule has 1 rings (SSSR count). The summed E-state index contributed by atoms with van der Waals surface area (Å²) in [6.07, 6.45) is 21.2. The SMILES string of the molecule is CCCCCCCC/C=C\CCCCC(O)C(=O)NC(COC1OC(CO)C(O)C(O)C1O)C(O)C(O)CCCCCCCCCCCCCCCC. The van der Waals surface area contributed by atoms with Gasteiger partial charge < -0.3 is 50.5 Å². The molecule has 0 aliphatic carbocycles. The number of nitrogens with one attached hydrogen (secondary N) is 1. The van der Waals surface area contributed by atoms with Crippen molar-refractivity contribution in [3.63, 3.8) is 0 Å². The minimum atomic E-state index is -1.66. The minimum Gasteiger partial charge on any atom is -0.394 e. The van der Waals surface area contributed by atoms with Crippen LogP contribution in [-0.4, -0.2) is 110 Å². The number of aliphatic hydroxyl groups is 7. The highest BCUT2D eigenvalue weighted by Gasteiger charge is 2.44. The van der Waals surface area contributed by atoms with Crippen molar-refractivity contribution in [1.82, 2.24) is 5.32 Å². The molecule has 53 heavy (non-hydrogen) atoms.